The average Bonchev–Trinajstić information content (AvgIpc) is 3.17. The fourth-order valence-electron chi connectivity index (χ4n) is 3.11. The first-order chi connectivity index (χ1) is 13.4. The average molecular weight is 472 g/mol. The fraction of sp³-hybridized carbons (Fsp3) is 0.526. The second-order valence-electron chi connectivity index (χ2n) is 6.70. The van der Waals surface area contributed by atoms with Gasteiger partial charge < -0.3 is 0 Å². The summed E-state index contributed by atoms with van der Waals surface area (Å²) in [5.74, 6) is -0.461. The molecule has 0 aliphatic carbocycles. The van der Waals surface area contributed by atoms with Crippen LogP contribution >= 0.6 is 11.8 Å². The Morgan fingerprint density at radius 1 is 1.36 bits per heavy atom. The van der Waals surface area contributed by atoms with Crippen LogP contribution in [0.25, 0.3) is 0 Å². The molecule has 0 spiro atoms. The molecule has 28 heavy (non-hydrogen) atoms. The maximum absolute atomic E-state index is 12.8. The molecule has 1 aromatic carbocycles. The first kappa shape index (κ1) is 22.9. The molecule has 9 heteroatoms. The van der Waals surface area contributed by atoms with E-state index in [1.165, 1.54) is 0 Å². The van der Waals surface area contributed by atoms with E-state index < -0.39 is 39.3 Å². The molecule has 3 atom stereocenters. The zero-order valence-electron chi connectivity index (χ0n) is 15.9. The Kier molecular flexibility index (Phi) is 9.47. The predicted molar refractivity (Wildman–Crippen MR) is 111 cm³/mol. The predicted octanol–water partition coefficient (Wildman–Crippen LogP) is 0.489. The number of hydrogen-bond acceptors (Lipinski definition) is 6. The van der Waals surface area contributed by atoms with Gasteiger partial charge >= 0.3 is 176 Å². The van der Waals surface area contributed by atoms with Gasteiger partial charge in [-0.15, -0.1) is 0 Å². The van der Waals surface area contributed by atoms with Gasteiger partial charge in [0.15, 0.2) is 0 Å². The van der Waals surface area contributed by atoms with Crippen LogP contribution in [0.1, 0.15) is 24.8 Å². The summed E-state index contributed by atoms with van der Waals surface area (Å²) >= 11 is 0.871. The molecular weight excluding hydrogens is 445 g/mol. The van der Waals surface area contributed by atoms with Crippen molar-refractivity contribution in [1.82, 2.24) is 9.23 Å². The van der Waals surface area contributed by atoms with Crippen LogP contribution in [0.2, 0.25) is 0 Å². The molecule has 1 aromatic rings. The van der Waals surface area contributed by atoms with Gasteiger partial charge in [0.1, 0.15) is 0 Å². The number of rotatable bonds is 11. The van der Waals surface area contributed by atoms with E-state index in [9.17, 15) is 19.5 Å². The second kappa shape index (κ2) is 11.6. The fourth-order valence-corrected chi connectivity index (χ4v) is 5.38. The molecule has 0 bridgehead atoms. The van der Waals surface area contributed by atoms with E-state index in [2.05, 4.69) is 4.33 Å². The number of benzene rings is 1. The quantitative estimate of drug-likeness (QED) is 0.402. The van der Waals surface area contributed by atoms with Crippen LogP contribution in [0.3, 0.4) is 0 Å². The Hall–Kier alpha value is -1.38. The summed E-state index contributed by atoms with van der Waals surface area (Å²) in [4.78, 5) is 38.4. The van der Waals surface area contributed by atoms with Crippen molar-refractivity contribution in [2.24, 2.45) is 5.73 Å². The number of carboxylic acid groups (broad SMARTS) is 1. The summed E-state index contributed by atoms with van der Waals surface area (Å²) in [6.45, 7) is 0.517. The molecular formula is C19H27N3O4SSe. The van der Waals surface area contributed by atoms with Crippen molar-refractivity contribution in [3.8, 4) is 0 Å². The molecule has 4 N–H and O–H groups in total. The SMILES string of the molecule is CSCC[C@H](N[Se]C(=O)[C@@H]1CCCN1C(=O)[C@@H](N)Cc1ccccc1)C(=O)O. The van der Waals surface area contributed by atoms with Crippen LogP contribution < -0.4 is 10.1 Å². The molecule has 2 rings (SSSR count). The Balaban J connectivity index is 1.92. The van der Waals surface area contributed by atoms with Gasteiger partial charge in [-0.2, -0.15) is 0 Å². The number of nitrogens with one attached hydrogen (secondary N) is 1. The number of likely N-dealkylation sites (tertiary alicyclic amines) is 1. The van der Waals surface area contributed by atoms with E-state index in [0.29, 0.717) is 31.6 Å². The molecule has 1 aliphatic heterocycles. The van der Waals surface area contributed by atoms with Crippen LogP contribution in [-0.4, -0.2) is 78.4 Å². The van der Waals surface area contributed by atoms with Crippen LogP contribution in [-0.2, 0) is 20.8 Å². The Morgan fingerprint density at radius 2 is 2.07 bits per heavy atom. The van der Waals surface area contributed by atoms with Crippen LogP contribution in [0.4, 0.5) is 0 Å². The molecule has 1 heterocycles. The number of carboxylic acids is 1. The summed E-state index contributed by atoms with van der Waals surface area (Å²) in [6.07, 6.45) is 4.16. The summed E-state index contributed by atoms with van der Waals surface area (Å²) in [5.41, 5.74) is 7.10. The number of nitrogens with two attached hydrogens (primary N) is 1. The number of hydrogen-bond donors (Lipinski definition) is 3. The van der Waals surface area contributed by atoms with Crippen molar-refractivity contribution < 1.29 is 19.5 Å². The van der Waals surface area contributed by atoms with Gasteiger partial charge in [-0.25, -0.2) is 0 Å². The number of nitrogens with zero attached hydrogens (tertiary/aromatic N) is 1. The van der Waals surface area contributed by atoms with E-state index in [-0.39, 0.29) is 10.6 Å². The number of aliphatic carboxylic acids is 1. The summed E-state index contributed by atoms with van der Waals surface area (Å²) in [5, 5.41) is 9.28. The van der Waals surface area contributed by atoms with Gasteiger partial charge in [0.2, 0.25) is 0 Å². The molecule has 0 saturated carbocycles. The van der Waals surface area contributed by atoms with Crippen molar-refractivity contribution in [2.45, 2.75) is 43.8 Å². The molecule has 1 aliphatic rings. The van der Waals surface area contributed by atoms with Crippen LogP contribution in [0, 0.1) is 0 Å². The van der Waals surface area contributed by atoms with Gasteiger partial charge in [-0.3, -0.25) is 0 Å². The molecule has 1 amide bonds. The third-order valence-electron chi connectivity index (χ3n) is 4.63. The van der Waals surface area contributed by atoms with Crippen LogP contribution in [0.5, 0.6) is 0 Å². The van der Waals surface area contributed by atoms with Gasteiger partial charge in [0.25, 0.3) is 0 Å². The van der Waals surface area contributed by atoms with Crippen molar-refractivity contribution in [3.05, 3.63) is 35.9 Å². The second-order valence-corrected chi connectivity index (χ2v) is 9.45. The third kappa shape index (κ3) is 6.60. The zero-order chi connectivity index (χ0) is 20.5. The van der Waals surface area contributed by atoms with E-state index in [0.717, 1.165) is 12.0 Å². The standard InChI is InChI=1S/C19H27N3O4SSe/c1-27-11-9-15(18(24)25)21-28-19(26)16-8-5-10-22(16)17(23)14(20)12-13-6-3-2-4-7-13/h2-4,6-7,14-16,21H,5,8-12,20H2,1H3,(H,24,25)/t14-,15-,16-/m0/s1. The molecule has 0 aromatic heterocycles. The maximum atomic E-state index is 12.8. The van der Waals surface area contributed by atoms with Crippen LogP contribution in [0.15, 0.2) is 30.3 Å². The first-order valence-corrected chi connectivity index (χ1v) is 12.3. The summed E-state index contributed by atoms with van der Waals surface area (Å²) in [6, 6.07) is 7.63. The molecule has 154 valence electrons. The monoisotopic (exact) mass is 473 g/mol. The number of amides is 1. The minimum absolute atomic E-state index is 0.0966. The normalized spacial score (nSPS) is 18.6. The van der Waals surface area contributed by atoms with E-state index in [1.807, 2.05) is 36.6 Å². The van der Waals surface area contributed by atoms with E-state index in [4.69, 9.17) is 5.73 Å². The molecule has 7 nitrogen and oxygen atoms in total. The molecule has 0 radical (unpaired) electrons. The minimum atomic E-state index is -0.951. The zero-order valence-corrected chi connectivity index (χ0v) is 18.4. The number of thioether (sulfide) groups is 1. The topological polar surface area (TPSA) is 113 Å². The molecule has 1 fully saturated rings. The van der Waals surface area contributed by atoms with Gasteiger partial charge in [-0.1, -0.05) is 0 Å². The Morgan fingerprint density at radius 3 is 2.71 bits per heavy atom. The van der Waals surface area contributed by atoms with Gasteiger partial charge in [-0.05, 0) is 0 Å². The van der Waals surface area contributed by atoms with E-state index >= 15 is 0 Å². The van der Waals surface area contributed by atoms with Crippen molar-refractivity contribution in [2.75, 3.05) is 18.6 Å². The number of carbonyl (C=O) groups excluding carboxylic acids is 2. The Bertz CT molecular complexity index is 676. The number of carbonyl (C=O) groups is 3. The van der Waals surface area contributed by atoms with E-state index in [1.54, 1.807) is 16.7 Å². The molecule has 0 unspecified atom stereocenters. The third-order valence-corrected chi connectivity index (χ3v) is 7.12. The summed E-state index contributed by atoms with van der Waals surface area (Å²) < 4.78 is 2.79. The van der Waals surface area contributed by atoms with Crippen molar-refractivity contribution in [1.29, 1.82) is 0 Å². The van der Waals surface area contributed by atoms with Crippen molar-refractivity contribution in [3.63, 3.8) is 0 Å². The molecule has 1 saturated heterocycles. The van der Waals surface area contributed by atoms with Crippen molar-refractivity contribution >= 4 is 43.5 Å². The Labute approximate surface area is 176 Å². The summed E-state index contributed by atoms with van der Waals surface area (Å²) in [7, 11) is 0. The first-order valence-electron chi connectivity index (χ1n) is 9.22. The van der Waals surface area contributed by atoms with Gasteiger partial charge in [0, 0.05) is 0 Å². The van der Waals surface area contributed by atoms with Gasteiger partial charge in [0.05, 0.1) is 0 Å².